The van der Waals surface area contributed by atoms with Gasteiger partial charge in [-0.05, 0) is 49.7 Å². The molecule has 2 aromatic rings. The lowest BCUT2D eigenvalue weighted by Gasteiger charge is -2.08. The number of esters is 1. The van der Waals surface area contributed by atoms with E-state index in [2.05, 4.69) is 15.6 Å². The lowest BCUT2D eigenvalue weighted by Crippen LogP contribution is -2.25. The standard InChI is InChI=1S/C20H23N3O4/c1-3-5-11-22-19(25)17-13-15(10-12-21-17)18(24)23-16-8-6-14(7-9-16)20(26)27-4-2/h6-10,12-13H,3-5,11H2,1-2H3,(H,22,25)(H,23,24). The van der Waals surface area contributed by atoms with Crippen LogP contribution < -0.4 is 10.6 Å². The summed E-state index contributed by atoms with van der Waals surface area (Å²) < 4.78 is 4.92. The van der Waals surface area contributed by atoms with Gasteiger partial charge in [-0.15, -0.1) is 0 Å². The lowest BCUT2D eigenvalue weighted by molar-refractivity contribution is 0.0526. The largest absolute Gasteiger partial charge is 0.462 e. The van der Waals surface area contributed by atoms with E-state index in [4.69, 9.17) is 4.74 Å². The molecule has 1 aromatic carbocycles. The Morgan fingerprint density at radius 3 is 2.41 bits per heavy atom. The molecule has 0 saturated heterocycles. The molecule has 0 unspecified atom stereocenters. The van der Waals surface area contributed by atoms with E-state index >= 15 is 0 Å². The number of unbranched alkanes of at least 4 members (excludes halogenated alkanes) is 1. The molecule has 27 heavy (non-hydrogen) atoms. The van der Waals surface area contributed by atoms with Crippen LogP contribution in [0.1, 0.15) is 57.9 Å². The van der Waals surface area contributed by atoms with Crippen LogP contribution in [0.4, 0.5) is 5.69 Å². The van der Waals surface area contributed by atoms with Gasteiger partial charge in [0, 0.05) is 24.0 Å². The fraction of sp³-hybridized carbons (Fsp3) is 0.300. The molecular weight excluding hydrogens is 346 g/mol. The van der Waals surface area contributed by atoms with E-state index in [0.717, 1.165) is 12.8 Å². The Hall–Kier alpha value is -3.22. The Labute approximate surface area is 158 Å². The third-order valence-electron chi connectivity index (χ3n) is 3.72. The average molecular weight is 369 g/mol. The molecule has 0 atom stereocenters. The SMILES string of the molecule is CCCCNC(=O)c1cc(C(=O)Nc2ccc(C(=O)OCC)cc2)ccn1. The summed E-state index contributed by atoms with van der Waals surface area (Å²) >= 11 is 0. The number of nitrogens with one attached hydrogen (secondary N) is 2. The second-order valence-electron chi connectivity index (χ2n) is 5.79. The van der Waals surface area contributed by atoms with Crippen molar-refractivity contribution < 1.29 is 19.1 Å². The van der Waals surface area contributed by atoms with Crippen molar-refractivity contribution in [2.45, 2.75) is 26.7 Å². The molecule has 0 spiro atoms. The molecule has 2 rings (SSSR count). The van der Waals surface area contributed by atoms with Gasteiger partial charge in [0.1, 0.15) is 5.69 Å². The van der Waals surface area contributed by atoms with Crippen LogP contribution >= 0.6 is 0 Å². The maximum absolute atomic E-state index is 12.4. The number of benzene rings is 1. The number of nitrogens with zero attached hydrogens (tertiary/aromatic N) is 1. The monoisotopic (exact) mass is 369 g/mol. The minimum atomic E-state index is -0.414. The van der Waals surface area contributed by atoms with Crippen LogP contribution in [0.15, 0.2) is 42.6 Å². The Balaban J connectivity index is 2.02. The van der Waals surface area contributed by atoms with E-state index in [-0.39, 0.29) is 17.5 Å². The van der Waals surface area contributed by atoms with Gasteiger partial charge < -0.3 is 15.4 Å². The highest BCUT2D eigenvalue weighted by Gasteiger charge is 2.12. The summed E-state index contributed by atoms with van der Waals surface area (Å²) in [6.45, 7) is 4.64. The molecule has 0 aliphatic rings. The van der Waals surface area contributed by atoms with E-state index in [1.807, 2.05) is 6.92 Å². The number of aromatic nitrogens is 1. The van der Waals surface area contributed by atoms with Crippen molar-refractivity contribution in [1.29, 1.82) is 0 Å². The van der Waals surface area contributed by atoms with Crippen LogP contribution in [-0.2, 0) is 4.74 Å². The van der Waals surface area contributed by atoms with E-state index in [0.29, 0.717) is 30.0 Å². The molecule has 142 valence electrons. The van der Waals surface area contributed by atoms with Gasteiger partial charge in [-0.3, -0.25) is 14.6 Å². The Kier molecular flexibility index (Phi) is 7.49. The third kappa shape index (κ3) is 5.91. The van der Waals surface area contributed by atoms with Crippen molar-refractivity contribution in [2.75, 3.05) is 18.5 Å². The first-order valence-corrected chi connectivity index (χ1v) is 8.88. The fourth-order valence-corrected chi connectivity index (χ4v) is 2.27. The maximum Gasteiger partial charge on any atom is 0.338 e. The molecule has 2 N–H and O–H groups in total. The van der Waals surface area contributed by atoms with Crippen LogP contribution in [0.25, 0.3) is 0 Å². The zero-order chi connectivity index (χ0) is 19.6. The molecule has 1 heterocycles. The smallest absolute Gasteiger partial charge is 0.338 e. The van der Waals surface area contributed by atoms with Crippen molar-refractivity contribution >= 4 is 23.5 Å². The molecule has 7 nitrogen and oxygen atoms in total. The molecule has 2 amide bonds. The van der Waals surface area contributed by atoms with E-state index in [1.165, 1.54) is 18.3 Å². The fourth-order valence-electron chi connectivity index (χ4n) is 2.27. The molecule has 7 heteroatoms. The quantitative estimate of drug-likeness (QED) is 0.551. The Bertz CT molecular complexity index is 803. The minimum absolute atomic E-state index is 0.191. The predicted octanol–water partition coefficient (Wildman–Crippen LogP) is 3.04. The lowest BCUT2D eigenvalue weighted by atomic mass is 10.1. The van der Waals surface area contributed by atoms with Gasteiger partial charge in [0.15, 0.2) is 0 Å². The summed E-state index contributed by atoms with van der Waals surface area (Å²) in [5, 5.41) is 5.49. The molecule has 0 fully saturated rings. The second-order valence-corrected chi connectivity index (χ2v) is 5.79. The van der Waals surface area contributed by atoms with Crippen LogP contribution in [0.3, 0.4) is 0 Å². The van der Waals surface area contributed by atoms with Gasteiger partial charge >= 0.3 is 5.97 Å². The topological polar surface area (TPSA) is 97.4 Å². The number of amides is 2. The van der Waals surface area contributed by atoms with Gasteiger partial charge in [-0.25, -0.2) is 4.79 Å². The number of hydrogen-bond acceptors (Lipinski definition) is 5. The molecule has 0 saturated carbocycles. The zero-order valence-electron chi connectivity index (χ0n) is 15.5. The first-order valence-electron chi connectivity index (χ1n) is 8.88. The molecule has 0 aliphatic heterocycles. The first-order chi connectivity index (χ1) is 13.0. The molecule has 0 radical (unpaired) electrons. The summed E-state index contributed by atoms with van der Waals surface area (Å²) in [6, 6.07) is 9.36. The minimum Gasteiger partial charge on any atom is -0.462 e. The number of hydrogen-bond donors (Lipinski definition) is 2. The summed E-state index contributed by atoms with van der Waals surface area (Å²) in [4.78, 5) is 40.1. The number of pyridine rings is 1. The average Bonchev–Trinajstić information content (AvgIpc) is 2.69. The zero-order valence-corrected chi connectivity index (χ0v) is 15.5. The number of rotatable bonds is 8. The summed E-state index contributed by atoms with van der Waals surface area (Å²) in [7, 11) is 0. The van der Waals surface area contributed by atoms with Gasteiger partial charge in [0.05, 0.1) is 12.2 Å². The van der Waals surface area contributed by atoms with Crippen molar-refractivity contribution in [1.82, 2.24) is 10.3 Å². The second kappa shape index (κ2) is 10.1. The van der Waals surface area contributed by atoms with Crippen LogP contribution in [0.5, 0.6) is 0 Å². The summed E-state index contributed by atoms with van der Waals surface area (Å²) in [5.41, 5.74) is 1.44. The van der Waals surface area contributed by atoms with E-state index in [1.54, 1.807) is 31.2 Å². The summed E-state index contributed by atoms with van der Waals surface area (Å²) in [5.74, 6) is -1.09. The number of anilines is 1. The summed E-state index contributed by atoms with van der Waals surface area (Å²) in [6.07, 6.45) is 3.28. The van der Waals surface area contributed by atoms with Crippen LogP contribution in [0.2, 0.25) is 0 Å². The molecular formula is C20H23N3O4. The normalized spacial score (nSPS) is 10.1. The molecule has 0 bridgehead atoms. The Morgan fingerprint density at radius 2 is 1.74 bits per heavy atom. The molecule has 1 aromatic heterocycles. The van der Waals surface area contributed by atoms with Gasteiger partial charge in [-0.1, -0.05) is 13.3 Å². The van der Waals surface area contributed by atoms with E-state index < -0.39 is 5.97 Å². The predicted molar refractivity (Wildman–Crippen MR) is 102 cm³/mol. The number of carbonyl (C=O) groups excluding carboxylic acids is 3. The van der Waals surface area contributed by atoms with E-state index in [9.17, 15) is 14.4 Å². The highest BCUT2D eigenvalue weighted by Crippen LogP contribution is 2.13. The molecule has 0 aliphatic carbocycles. The number of ether oxygens (including phenoxy) is 1. The first kappa shape index (κ1) is 20.1. The van der Waals surface area contributed by atoms with Crippen molar-refractivity contribution in [3.63, 3.8) is 0 Å². The van der Waals surface area contributed by atoms with Gasteiger partial charge in [0.25, 0.3) is 11.8 Å². The number of carbonyl (C=O) groups is 3. The van der Waals surface area contributed by atoms with Crippen LogP contribution in [-0.4, -0.2) is 35.9 Å². The van der Waals surface area contributed by atoms with Gasteiger partial charge in [0.2, 0.25) is 0 Å². The van der Waals surface area contributed by atoms with Crippen molar-refractivity contribution in [2.24, 2.45) is 0 Å². The van der Waals surface area contributed by atoms with Crippen molar-refractivity contribution in [3.8, 4) is 0 Å². The highest BCUT2D eigenvalue weighted by atomic mass is 16.5. The highest BCUT2D eigenvalue weighted by molar-refractivity contribution is 6.05. The Morgan fingerprint density at radius 1 is 1.00 bits per heavy atom. The van der Waals surface area contributed by atoms with Gasteiger partial charge in [-0.2, -0.15) is 0 Å². The van der Waals surface area contributed by atoms with Crippen LogP contribution in [0, 0.1) is 0 Å². The maximum atomic E-state index is 12.4. The third-order valence-corrected chi connectivity index (χ3v) is 3.72. The van der Waals surface area contributed by atoms with Crippen molar-refractivity contribution in [3.05, 3.63) is 59.4 Å².